The van der Waals surface area contributed by atoms with Gasteiger partial charge in [0.25, 0.3) is 5.91 Å². The van der Waals surface area contributed by atoms with Gasteiger partial charge in [0.2, 0.25) is 0 Å². The summed E-state index contributed by atoms with van der Waals surface area (Å²) in [4.78, 5) is 24.9. The summed E-state index contributed by atoms with van der Waals surface area (Å²) in [6.45, 7) is 1.68. The average Bonchev–Trinajstić information content (AvgIpc) is 3.05. The van der Waals surface area contributed by atoms with Crippen molar-refractivity contribution in [2.45, 2.75) is 19.4 Å². The topological polar surface area (TPSA) is 104 Å². The number of anilines is 1. The number of carboxylic acids is 1. The molecule has 24 heavy (non-hydrogen) atoms. The van der Waals surface area contributed by atoms with E-state index in [4.69, 9.17) is 9.63 Å². The molecule has 0 aliphatic carbocycles. The van der Waals surface area contributed by atoms with Crippen LogP contribution in [0.3, 0.4) is 0 Å². The molecule has 2 aromatic rings. The SMILES string of the molecule is Cc1cc(N2C(=O)C(O)=C(CC(=O)O)C2c2ccc(Br)cc2)no1. The standard InChI is InChI=1S/C16H13BrN2O5/c1-8-6-12(18-24-8)19-14(9-2-4-10(17)5-3-9)11(7-13(20)21)15(22)16(19)23/h2-6,14,22H,7H2,1H3,(H,20,21). The number of aliphatic carboxylic acids is 1. The fourth-order valence-electron chi connectivity index (χ4n) is 2.70. The van der Waals surface area contributed by atoms with Crippen LogP contribution in [0.25, 0.3) is 0 Å². The fraction of sp³-hybridized carbons (Fsp3) is 0.188. The Bertz CT molecular complexity index is 840. The van der Waals surface area contributed by atoms with Gasteiger partial charge in [-0.2, -0.15) is 0 Å². The lowest BCUT2D eigenvalue weighted by Gasteiger charge is -2.24. The predicted molar refractivity (Wildman–Crippen MR) is 87.5 cm³/mol. The quantitative estimate of drug-likeness (QED) is 0.827. The monoisotopic (exact) mass is 392 g/mol. The van der Waals surface area contributed by atoms with E-state index in [1.165, 1.54) is 4.90 Å². The molecule has 1 aromatic carbocycles. The van der Waals surface area contributed by atoms with Crippen molar-refractivity contribution in [1.82, 2.24) is 5.16 Å². The number of nitrogens with zero attached hydrogens (tertiary/aromatic N) is 2. The third-order valence-electron chi connectivity index (χ3n) is 3.70. The Labute approximate surface area is 145 Å². The lowest BCUT2D eigenvalue weighted by molar-refractivity contribution is -0.136. The van der Waals surface area contributed by atoms with Crippen molar-refractivity contribution in [2.24, 2.45) is 0 Å². The second kappa shape index (κ2) is 6.12. The molecule has 0 bridgehead atoms. The van der Waals surface area contributed by atoms with Gasteiger partial charge in [-0.25, -0.2) is 0 Å². The van der Waals surface area contributed by atoms with Gasteiger partial charge in [0, 0.05) is 16.1 Å². The molecule has 1 aliphatic heterocycles. The van der Waals surface area contributed by atoms with E-state index in [1.54, 1.807) is 37.3 Å². The minimum absolute atomic E-state index is 0.121. The van der Waals surface area contributed by atoms with Gasteiger partial charge >= 0.3 is 5.97 Å². The van der Waals surface area contributed by atoms with Gasteiger partial charge in [0.15, 0.2) is 11.6 Å². The number of carboxylic acid groups (broad SMARTS) is 1. The molecule has 2 heterocycles. The molecule has 0 spiro atoms. The molecule has 0 saturated carbocycles. The molecule has 1 atom stereocenters. The van der Waals surface area contributed by atoms with Crippen molar-refractivity contribution in [3.63, 3.8) is 0 Å². The maximum atomic E-state index is 12.5. The smallest absolute Gasteiger partial charge is 0.307 e. The number of carbonyl (C=O) groups excluding carboxylic acids is 1. The van der Waals surface area contributed by atoms with E-state index in [-0.39, 0.29) is 11.4 Å². The Hall–Kier alpha value is -2.61. The summed E-state index contributed by atoms with van der Waals surface area (Å²) >= 11 is 3.33. The lowest BCUT2D eigenvalue weighted by atomic mass is 9.97. The zero-order valence-corrected chi connectivity index (χ0v) is 14.1. The van der Waals surface area contributed by atoms with Crippen molar-refractivity contribution in [1.29, 1.82) is 0 Å². The van der Waals surface area contributed by atoms with Crippen LogP contribution in [0, 0.1) is 6.92 Å². The molecule has 0 radical (unpaired) electrons. The summed E-state index contributed by atoms with van der Waals surface area (Å²) in [6, 6.07) is 7.86. The summed E-state index contributed by atoms with van der Waals surface area (Å²) < 4.78 is 5.85. The summed E-state index contributed by atoms with van der Waals surface area (Å²) in [7, 11) is 0. The maximum absolute atomic E-state index is 12.5. The summed E-state index contributed by atoms with van der Waals surface area (Å²) in [5.41, 5.74) is 0.781. The lowest BCUT2D eigenvalue weighted by Crippen LogP contribution is -2.30. The summed E-state index contributed by atoms with van der Waals surface area (Å²) in [6.07, 6.45) is -0.453. The molecule has 8 heteroatoms. The minimum atomic E-state index is -1.13. The number of amides is 1. The van der Waals surface area contributed by atoms with Crippen LogP contribution in [0.5, 0.6) is 0 Å². The van der Waals surface area contributed by atoms with E-state index in [2.05, 4.69) is 21.1 Å². The van der Waals surface area contributed by atoms with Gasteiger partial charge < -0.3 is 14.7 Å². The summed E-state index contributed by atoms with van der Waals surface area (Å²) in [5.74, 6) is -1.68. The molecular weight excluding hydrogens is 380 g/mol. The fourth-order valence-corrected chi connectivity index (χ4v) is 2.96. The van der Waals surface area contributed by atoms with Crippen LogP contribution in [0.4, 0.5) is 5.82 Å². The van der Waals surface area contributed by atoms with Gasteiger partial charge in [0.05, 0.1) is 12.5 Å². The second-order valence-corrected chi connectivity index (χ2v) is 6.29. The van der Waals surface area contributed by atoms with Crippen LogP contribution >= 0.6 is 15.9 Å². The first kappa shape index (κ1) is 16.3. The molecule has 1 aliphatic rings. The van der Waals surface area contributed by atoms with Gasteiger partial charge in [-0.05, 0) is 24.6 Å². The molecule has 1 amide bonds. The largest absolute Gasteiger partial charge is 0.503 e. The summed E-state index contributed by atoms with van der Waals surface area (Å²) in [5, 5.41) is 23.1. The van der Waals surface area contributed by atoms with E-state index in [0.717, 1.165) is 4.47 Å². The number of aryl methyl sites for hydroxylation is 1. The van der Waals surface area contributed by atoms with Gasteiger partial charge in [-0.3, -0.25) is 14.5 Å². The van der Waals surface area contributed by atoms with Crippen molar-refractivity contribution < 1.29 is 24.3 Å². The first-order chi connectivity index (χ1) is 11.4. The molecule has 0 fully saturated rings. The predicted octanol–water partition coefficient (Wildman–Crippen LogP) is 3.12. The number of aromatic nitrogens is 1. The van der Waals surface area contributed by atoms with Gasteiger partial charge in [-0.15, -0.1) is 0 Å². The molecule has 124 valence electrons. The Morgan fingerprint density at radius 1 is 1.38 bits per heavy atom. The van der Waals surface area contributed by atoms with Crippen LogP contribution in [-0.2, 0) is 9.59 Å². The van der Waals surface area contributed by atoms with Crippen molar-refractivity contribution in [3.8, 4) is 0 Å². The Morgan fingerprint density at radius 3 is 2.58 bits per heavy atom. The highest BCUT2D eigenvalue weighted by molar-refractivity contribution is 9.10. The maximum Gasteiger partial charge on any atom is 0.307 e. The first-order valence-corrected chi connectivity index (χ1v) is 7.84. The first-order valence-electron chi connectivity index (χ1n) is 7.04. The van der Waals surface area contributed by atoms with Crippen LogP contribution < -0.4 is 4.90 Å². The Kier molecular flexibility index (Phi) is 4.15. The zero-order chi connectivity index (χ0) is 17.4. The van der Waals surface area contributed by atoms with Crippen molar-refractivity contribution in [3.05, 3.63) is 57.5 Å². The van der Waals surface area contributed by atoms with E-state index in [0.29, 0.717) is 11.3 Å². The molecule has 0 saturated heterocycles. The van der Waals surface area contributed by atoms with E-state index in [1.807, 2.05) is 0 Å². The second-order valence-electron chi connectivity index (χ2n) is 5.37. The molecule has 3 rings (SSSR count). The highest BCUT2D eigenvalue weighted by Crippen LogP contribution is 2.41. The number of aliphatic hydroxyl groups is 1. The van der Waals surface area contributed by atoms with Crippen LogP contribution in [0.1, 0.15) is 23.8 Å². The van der Waals surface area contributed by atoms with E-state index < -0.39 is 30.1 Å². The zero-order valence-electron chi connectivity index (χ0n) is 12.6. The molecule has 1 aromatic heterocycles. The average molecular weight is 393 g/mol. The highest BCUT2D eigenvalue weighted by atomic mass is 79.9. The van der Waals surface area contributed by atoms with Gasteiger partial charge in [0.1, 0.15) is 5.76 Å². The number of aliphatic hydroxyl groups excluding tert-OH is 1. The van der Waals surface area contributed by atoms with E-state index in [9.17, 15) is 14.7 Å². The normalized spacial score (nSPS) is 17.7. The Morgan fingerprint density at radius 2 is 2.04 bits per heavy atom. The number of carbonyl (C=O) groups is 2. The molecule has 7 nitrogen and oxygen atoms in total. The van der Waals surface area contributed by atoms with Crippen LogP contribution in [0.2, 0.25) is 0 Å². The number of hydrogen-bond donors (Lipinski definition) is 2. The third-order valence-corrected chi connectivity index (χ3v) is 4.23. The number of benzene rings is 1. The number of rotatable bonds is 4. The van der Waals surface area contributed by atoms with Crippen molar-refractivity contribution >= 4 is 33.6 Å². The highest BCUT2D eigenvalue weighted by Gasteiger charge is 2.43. The molecule has 1 unspecified atom stereocenters. The van der Waals surface area contributed by atoms with E-state index >= 15 is 0 Å². The number of halogens is 1. The number of hydrogen-bond acceptors (Lipinski definition) is 5. The third kappa shape index (κ3) is 2.80. The minimum Gasteiger partial charge on any atom is -0.503 e. The molecular formula is C16H13BrN2O5. The van der Waals surface area contributed by atoms with Gasteiger partial charge in [-0.1, -0.05) is 33.2 Å². The molecule has 2 N–H and O–H groups in total. The van der Waals surface area contributed by atoms with Crippen molar-refractivity contribution in [2.75, 3.05) is 4.90 Å². The Balaban J connectivity index is 2.12. The van der Waals surface area contributed by atoms with Crippen LogP contribution in [-0.4, -0.2) is 27.2 Å². The van der Waals surface area contributed by atoms with Crippen LogP contribution in [0.15, 0.2) is 50.7 Å².